The Balaban J connectivity index is 0.00000288. The maximum atomic E-state index is 11.1. The van der Waals surface area contributed by atoms with Crippen LogP contribution in [-0.2, 0) is 4.79 Å². The van der Waals surface area contributed by atoms with Gasteiger partial charge in [0.15, 0.2) is 5.96 Å². The number of piperidine rings is 2. The van der Waals surface area contributed by atoms with Crippen LogP contribution >= 0.6 is 24.0 Å². The molecule has 0 radical (unpaired) electrons. The monoisotopic (exact) mass is 451 g/mol. The van der Waals surface area contributed by atoms with Gasteiger partial charge in [0, 0.05) is 25.6 Å². The van der Waals surface area contributed by atoms with Gasteiger partial charge >= 0.3 is 0 Å². The molecule has 2 fully saturated rings. The molecule has 2 heterocycles. The highest BCUT2D eigenvalue weighted by Gasteiger charge is 2.22. The molecule has 0 spiro atoms. The zero-order chi connectivity index (χ0) is 16.7. The molecule has 140 valence electrons. The van der Waals surface area contributed by atoms with Gasteiger partial charge in [0.2, 0.25) is 5.91 Å². The molecule has 6 nitrogen and oxygen atoms in total. The molecule has 2 saturated heterocycles. The van der Waals surface area contributed by atoms with E-state index in [0.29, 0.717) is 0 Å². The Labute approximate surface area is 163 Å². The number of likely N-dealkylation sites (tertiary alicyclic amines) is 2. The highest BCUT2D eigenvalue weighted by atomic mass is 127. The van der Waals surface area contributed by atoms with Crippen LogP contribution in [0.1, 0.15) is 45.4 Å². The molecule has 0 unspecified atom stereocenters. The first-order chi connectivity index (χ1) is 11.1. The molecule has 24 heavy (non-hydrogen) atoms. The fourth-order valence-corrected chi connectivity index (χ4v) is 3.42. The van der Waals surface area contributed by atoms with Crippen molar-refractivity contribution in [1.29, 1.82) is 0 Å². The molecule has 0 aromatic rings. The van der Waals surface area contributed by atoms with Crippen molar-refractivity contribution < 1.29 is 4.79 Å². The third-order valence-corrected chi connectivity index (χ3v) is 5.25. The maximum Gasteiger partial charge on any atom is 0.220 e. The number of unbranched alkanes of at least 4 members (excludes halogenated alkanes) is 1. The number of hydrogen-bond acceptors (Lipinski definition) is 3. The molecule has 0 aromatic carbocycles. The van der Waals surface area contributed by atoms with E-state index >= 15 is 0 Å². The molecule has 0 atom stereocenters. The van der Waals surface area contributed by atoms with Crippen molar-refractivity contribution >= 4 is 35.8 Å². The molecule has 0 bridgehead atoms. The summed E-state index contributed by atoms with van der Waals surface area (Å²) >= 11 is 0. The molecule has 2 rings (SSSR count). The summed E-state index contributed by atoms with van der Waals surface area (Å²) in [5, 5.41) is 0. The van der Waals surface area contributed by atoms with Gasteiger partial charge in [0.25, 0.3) is 0 Å². The van der Waals surface area contributed by atoms with Crippen LogP contribution in [0, 0.1) is 11.8 Å². The highest BCUT2D eigenvalue weighted by Crippen LogP contribution is 2.17. The van der Waals surface area contributed by atoms with E-state index < -0.39 is 0 Å². The number of carbonyl (C=O) groups excluding carboxylic acids is 1. The van der Waals surface area contributed by atoms with E-state index in [4.69, 9.17) is 11.5 Å². The standard InChI is InChI=1S/C17H33N5O.HI/c1-14-4-12-22(13-5-14)17(19)20-8-2-3-9-21-10-6-15(7-11-21)16(18)23;/h14-15H,2-13H2,1H3,(H2,18,23)(H2,19,20);1H. The zero-order valence-corrected chi connectivity index (χ0v) is 17.3. The second kappa shape index (κ2) is 11.1. The lowest BCUT2D eigenvalue weighted by Crippen LogP contribution is -2.42. The van der Waals surface area contributed by atoms with Gasteiger partial charge in [-0.1, -0.05) is 6.92 Å². The normalized spacial score (nSPS) is 21.5. The number of guanidine groups is 1. The topological polar surface area (TPSA) is 87.9 Å². The minimum Gasteiger partial charge on any atom is -0.370 e. The van der Waals surface area contributed by atoms with Crippen LogP contribution in [0.5, 0.6) is 0 Å². The van der Waals surface area contributed by atoms with E-state index in [1.807, 2.05) is 0 Å². The largest absolute Gasteiger partial charge is 0.370 e. The lowest BCUT2D eigenvalue weighted by molar-refractivity contribution is -0.123. The summed E-state index contributed by atoms with van der Waals surface area (Å²) in [5.41, 5.74) is 11.4. The van der Waals surface area contributed by atoms with Crippen LogP contribution in [0.15, 0.2) is 4.99 Å². The zero-order valence-electron chi connectivity index (χ0n) is 15.0. The van der Waals surface area contributed by atoms with E-state index in [2.05, 4.69) is 21.7 Å². The van der Waals surface area contributed by atoms with Gasteiger partial charge in [-0.15, -0.1) is 24.0 Å². The van der Waals surface area contributed by atoms with Crippen LogP contribution < -0.4 is 11.5 Å². The van der Waals surface area contributed by atoms with Crippen molar-refractivity contribution in [2.75, 3.05) is 39.3 Å². The lowest BCUT2D eigenvalue weighted by Gasteiger charge is -2.31. The minimum absolute atomic E-state index is 0. The number of primary amides is 1. The predicted molar refractivity (Wildman–Crippen MR) is 109 cm³/mol. The van der Waals surface area contributed by atoms with Gasteiger partial charge in [0.1, 0.15) is 0 Å². The molecule has 0 aliphatic carbocycles. The third-order valence-electron chi connectivity index (χ3n) is 5.25. The van der Waals surface area contributed by atoms with Gasteiger partial charge in [-0.25, -0.2) is 0 Å². The quantitative estimate of drug-likeness (QED) is 0.278. The summed E-state index contributed by atoms with van der Waals surface area (Å²) < 4.78 is 0. The minimum atomic E-state index is -0.137. The fourth-order valence-electron chi connectivity index (χ4n) is 3.42. The van der Waals surface area contributed by atoms with Crippen molar-refractivity contribution in [3.8, 4) is 0 Å². The number of hydrogen-bond donors (Lipinski definition) is 2. The van der Waals surface area contributed by atoms with Gasteiger partial charge in [-0.2, -0.15) is 0 Å². The highest BCUT2D eigenvalue weighted by molar-refractivity contribution is 14.0. The average molecular weight is 451 g/mol. The molecular weight excluding hydrogens is 417 g/mol. The van der Waals surface area contributed by atoms with Crippen molar-refractivity contribution in [2.45, 2.75) is 45.4 Å². The van der Waals surface area contributed by atoms with Gasteiger partial charge in [-0.3, -0.25) is 9.79 Å². The molecular formula is C17H34IN5O. The smallest absolute Gasteiger partial charge is 0.220 e. The van der Waals surface area contributed by atoms with Crippen molar-refractivity contribution in [3.63, 3.8) is 0 Å². The van der Waals surface area contributed by atoms with E-state index in [1.54, 1.807) is 0 Å². The fraction of sp³-hybridized carbons (Fsp3) is 0.882. The van der Waals surface area contributed by atoms with E-state index in [1.165, 1.54) is 12.8 Å². The first kappa shape index (κ1) is 21.5. The molecule has 1 amide bonds. The van der Waals surface area contributed by atoms with Gasteiger partial charge in [0.05, 0.1) is 0 Å². The SMILES string of the molecule is CC1CCN(C(N)=NCCCCN2CCC(C(N)=O)CC2)CC1.I. The number of aliphatic imine (C=N–C) groups is 1. The van der Waals surface area contributed by atoms with Gasteiger partial charge in [-0.05, 0) is 64.1 Å². The molecule has 7 heteroatoms. The van der Waals surface area contributed by atoms with E-state index in [9.17, 15) is 4.79 Å². The number of rotatable bonds is 6. The van der Waals surface area contributed by atoms with E-state index in [0.717, 1.165) is 76.8 Å². The van der Waals surface area contributed by atoms with Crippen LogP contribution in [0.4, 0.5) is 0 Å². The summed E-state index contributed by atoms with van der Waals surface area (Å²) in [6, 6.07) is 0. The van der Waals surface area contributed by atoms with Crippen molar-refractivity contribution in [1.82, 2.24) is 9.80 Å². The second-order valence-corrected chi connectivity index (χ2v) is 7.13. The number of halogens is 1. The molecule has 2 aliphatic heterocycles. The Kier molecular flexibility index (Phi) is 9.95. The number of carbonyl (C=O) groups is 1. The predicted octanol–water partition coefficient (Wildman–Crippen LogP) is 1.63. The van der Waals surface area contributed by atoms with Crippen molar-refractivity contribution in [2.24, 2.45) is 28.3 Å². The number of nitrogens with two attached hydrogens (primary N) is 2. The maximum absolute atomic E-state index is 11.1. The number of nitrogens with zero attached hydrogens (tertiary/aromatic N) is 3. The Morgan fingerprint density at radius 3 is 2.25 bits per heavy atom. The summed E-state index contributed by atoms with van der Waals surface area (Å²) in [7, 11) is 0. The Morgan fingerprint density at radius 2 is 1.67 bits per heavy atom. The second-order valence-electron chi connectivity index (χ2n) is 7.13. The van der Waals surface area contributed by atoms with Crippen LogP contribution in [0.25, 0.3) is 0 Å². The van der Waals surface area contributed by atoms with Crippen LogP contribution in [0.2, 0.25) is 0 Å². The third kappa shape index (κ3) is 7.13. The Bertz CT molecular complexity index is 402. The van der Waals surface area contributed by atoms with E-state index in [-0.39, 0.29) is 35.8 Å². The van der Waals surface area contributed by atoms with Crippen LogP contribution in [-0.4, -0.2) is 60.9 Å². The summed E-state index contributed by atoms with van der Waals surface area (Å²) in [6.45, 7) is 8.28. The molecule has 0 aromatic heterocycles. The van der Waals surface area contributed by atoms with Crippen molar-refractivity contribution in [3.05, 3.63) is 0 Å². The Hall–Kier alpha value is -0.570. The summed E-state index contributed by atoms with van der Waals surface area (Å²) in [6.07, 6.45) is 6.46. The summed E-state index contributed by atoms with van der Waals surface area (Å²) in [5.74, 6) is 1.49. The first-order valence-corrected chi connectivity index (χ1v) is 9.13. The Morgan fingerprint density at radius 1 is 1.04 bits per heavy atom. The average Bonchev–Trinajstić information content (AvgIpc) is 2.55. The first-order valence-electron chi connectivity index (χ1n) is 9.13. The molecule has 0 saturated carbocycles. The van der Waals surface area contributed by atoms with Crippen LogP contribution in [0.3, 0.4) is 0 Å². The summed E-state index contributed by atoms with van der Waals surface area (Å²) in [4.78, 5) is 20.3. The molecule has 4 N–H and O–H groups in total. The van der Waals surface area contributed by atoms with Gasteiger partial charge < -0.3 is 21.3 Å². The lowest BCUT2D eigenvalue weighted by atomic mass is 9.96. The number of amides is 1. The molecule has 2 aliphatic rings.